The molecule has 0 saturated carbocycles. The molecule has 0 aliphatic rings. The van der Waals surface area contributed by atoms with Crippen LogP contribution in [0.15, 0.2) is 12.4 Å². The van der Waals surface area contributed by atoms with E-state index in [2.05, 4.69) is 9.97 Å². The molecule has 0 N–H and O–H groups in total. The Morgan fingerprint density at radius 3 is 1.67 bits per heavy atom. The van der Waals surface area contributed by atoms with Crippen LogP contribution in [0.1, 0.15) is 21.1 Å². The first-order valence-corrected chi connectivity index (χ1v) is 4.74. The molecule has 0 atom stereocenters. The van der Waals surface area contributed by atoms with Gasteiger partial charge in [0, 0.05) is 0 Å². The Balaban J connectivity index is 2.96. The molecule has 0 spiro atoms. The van der Waals surface area contributed by atoms with E-state index in [-0.39, 0.29) is 0 Å². The fraction of sp³-hybridized carbons (Fsp3) is 0.333. The van der Waals surface area contributed by atoms with E-state index >= 15 is 0 Å². The molecule has 12 heavy (non-hydrogen) atoms. The Morgan fingerprint density at radius 2 is 1.33 bits per heavy atom. The van der Waals surface area contributed by atoms with Gasteiger partial charge in [0.2, 0.25) is 0 Å². The zero-order chi connectivity index (χ0) is 9.14. The molecule has 1 heterocycles. The molecule has 0 aromatic carbocycles. The highest BCUT2D eigenvalue weighted by Gasteiger charge is 2.10. The molecule has 1 aromatic rings. The van der Waals surface area contributed by atoms with Crippen LogP contribution >= 0.6 is 46.4 Å². The van der Waals surface area contributed by atoms with Gasteiger partial charge in [0.15, 0.2) is 9.67 Å². The average Bonchev–Trinajstić information content (AvgIpc) is 2.04. The normalized spacial score (nSPS) is 11.2. The third-order valence-corrected chi connectivity index (χ3v) is 2.01. The smallest absolute Gasteiger partial charge is 0.151 e. The summed E-state index contributed by atoms with van der Waals surface area (Å²) in [6.07, 6.45) is 2.93. The summed E-state index contributed by atoms with van der Waals surface area (Å²) in [5.74, 6) is 0. The van der Waals surface area contributed by atoms with Crippen molar-refractivity contribution in [3.63, 3.8) is 0 Å². The van der Waals surface area contributed by atoms with Crippen molar-refractivity contribution in [3.8, 4) is 0 Å². The van der Waals surface area contributed by atoms with Crippen LogP contribution in [0.4, 0.5) is 0 Å². The van der Waals surface area contributed by atoms with Crippen LogP contribution in [0.25, 0.3) is 0 Å². The van der Waals surface area contributed by atoms with Crippen LogP contribution < -0.4 is 0 Å². The standard InChI is InChI=1S/C6H4Cl4N2/c7-5(8)3-1-11-2-4(12-3)6(9)10/h1-2,5-6H. The van der Waals surface area contributed by atoms with Crippen LogP contribution in [0.5, 0.6) is 0 Å². The van der Waals surface area contributed by atoms with E-state index in [4.69, 9.17) is 46.4 Å². The molecule has 0 aliphatic heterocycles. The molecule has 0 bridgehead atoms. The van der Waals surface area contributed by atoms with E-state index < -0.39 is 9.67 Å². The van der Waals surface area contributed by atoms with Gasteiger partial charge in [-0.1, -0.05) is 46.4 Å². The molecule has 1 rings (SSSR count). The maximum atomic E-state index is 5.56. The molecule has 0 saturated heterocycles. The van der Waals surface area contributed by atoms with Gasteiger partial charge in [-0.2, -0.15) is 0 Å². The Bertz CT molecular complexity index is 240. The van der Waals surface area contributed by atoms with Gasteiger partial charge in [0.1, 0.15) is 0 Å². The highest BCUT2D eigenvalue weighted by molar-refractivity contribution is 6.44. The molecule has 0 unspecified atom stereocenters. The van der Waals surface area contributed by atoms with Gasteiger partial charge in [0.25, 0.3) is 0 Å². The van der Waals surface area contributed by atoms with Crippen LogP contribution in [-0.2, 0) is 0 Å². The van der Waals surface area contributed by atoms with Crippen molar-refractivity contribution >= 4 is 46.4 Å². The highest BCUT2D eigenvalue weighted by Crippen LogP contribution is 2.26. The van der Waals surface area contributed by atoms with Gasteiger partial charge < -0.3 is 0 Å². The SMILES string of the molecule is ClC(Cl)c1cncc(C(Cl)Cl)n1. The lowest BCUT2D eigenvalue weighted by Crippen LogP contribution is -1.95. The molecular weight excluding hydrogens is 242 g/mol. The maximum absolute atomic E-state index is 5.56. The number of halogens is 4. The van der Waals surface area contributed by atoms with E-state index in [1.807, 2.05) is 0 Å². The largest absolute Gasteiger partial charge is 0.261 e. The maximum Gasteiger partial charge on any atom is 0.151 e. The molecule has 6 heteroatoms. The minimum atomic E-state index is -0.704. The molecule has 2 nitrogen and oxygen atoms in total. The molecule has 0 aliphatic carbocycles. The molecular formula is C6H4Cl4N2. The van der Waals surface area contributed by atoms with E-state index in [9.17, 15) is 0 Å². The second-order valence-corrected chi connectivity index (χ2v) is 4.16. The fourth-order valence-electron chi connectivity index (χ4n) is 0.607. The van der Waals surface area contributed by atoms with E-state index in [1.165, 1.54) is 12.4 Å². The lowest BCUT2D eigenvalue weighted by Gasteiger charge is -2.03. The summed E-state index contributed by atoms with van der Waals surface area (Å²) < 4.78 is 0. The second-order valence-electron chi connectivity index (χ2n) is 1.97. The van der Waals surface area contributed by atoms with Crippen molar-refractivity contribution in [3.05, 3.63) is 23.8 Å². The van der Waals surface area contributed by atoms with Gasteiger partial charge in [-0.3, -0.25) is 4.98 Å². The van der Waals surface area contributed by atoms with E-state index in [1.54, 1.807) is 0 Å². The summed E-state index contributed by atoms with van der Waals surface area (Å²) in [5.41, 5.74) is 0.893. The average molecular weight is 246 g/mol. The lowest BCUT2D eigenvalue weighted by atomic mass is 10.4. The lowest BCUT2D eigenvalue weighted by molar-refractivity contribution is 1.00. The van der Waals surface area contributed by atoms with Crippen LogP contribution in [0.3, 0.4) is 0 Å². The topological polar surface area (TPSA) is 25.8 Å². The summed E-state index contributed by atoms with van der Waals surface area (Å²) >= 11 is 22.2. The van der Waals surface area contributed by atoms with Crippen molar-refractivity contribution in [2.45, 2.75) is 9.67 Å². The van der Waals surface area contributed by atoms with Gasteiger partial charge in [0.05, 0.1) is 23.8 Å². The summed E-state index contributed by atoms with van der Waals surface area (Å²) in [5, 5.41) is 0. The Morgan fingerprint density at radius 1 is 0.917 bits per heavy atom. The minimum absolute atomic E-state index is 0.446. The Hall–Kier alpha value is 0.240. The minimum Gasteiger partial charge on any atom is -0.261 e. The van der Waals surface area contributed by atoms with Gasteiger partial charge >= 0.3 is 0 Å². The number of alkyl halides is 4. The first kappa shape index (κ1) is 10.3. The van der Waals surface area contributed by atoms with Crippen LogP contribution in [0, 0.1) is 0 Å². The quantitative estimate of drug-likeness (QED) is 0.747. The molecule has 0 fully saturated rings. The summed E-state index contributed by atoms with van der Waals surface area (Å²) in [6.45, 7) is 0. The van der Waals surface area contributed by atoms with Crippen molar-refractivity contribution in [2.24, 2.45) is 0 Å². The third-order valence-electron chi connectivity index (χ3n) is 1.12. The first-order chi connectivity index (χ1) is 5.61. The van der Waals surface area contributed by atoms with Crippen LogP contribution in [-0.4, -0.2) is 9.97 Å². The summed E-state index contributed by atoms with van der Waals surface area (Å²) in [4.78, 5) is 6.40. The number of hydrogen-bond acceptors (Lipinski definition) is 2. The fourth-order valence-corrected chi connectivity index (χ4v) is 1.03. The predicted octanol–water partition coefficient (Wildman–Crippen LogP) is 3.43. The zero-order valence-corrected chi connectivity index (χ0v) is 8.74. The first-order valence-electron chi connectivity index (χ1n) is 2.99. The van der Waals surface area contributed by atoms with E-state index in [0.29, 0.717) is 11.4 Å². The number of aromatic nitrogens is 2. The zero-order valence-electron chi connectivity index (χ0n) is 5.72. The van der Waals surface area contributed by atoms with Crippen molar-refractivity contribution in [1.82, 2.24) is 9.97 Å². The second kappa shape index (κ2) is 4.47. The van der Waals surface area contributed by atoms with Gasteiger partial charge in [-0.05, 0) is 0 Å². The van der Waals surface area contributed by atoms with Crippen LogP contribution in [0.2, 0.25) is 0 Å². The third kappa shape index (κ3) is 2.63. The summed E-state index contributed by atoms with van der Waals surface area (Å²) in [7, 11) is 0. The number of rotatable bonds is 2. The molecule has 0 amide bonds. The van der Waals surface area contributed by atoms with E-state index in [0.717, 1.165) is 0 Å². The molecule has 1 aromatic heterocycles. The Kier molecular flexibility index (Phi) is 3.84. The highest BCUT2D eigenvalue weighted by atomic mass is 35.5. The van der Waals surface area contributed by atoms with Gasteiger partial charge in [-0.25, -0.2) is 4.98 Å². The van der Waals surface area contributed by atoms with Crippen molar-refractivity contribution < 1.29 is 0 Å². The van der Waals surface area contributed by atoms with Gasteiger partial charge in [-0.15, -0.1) is 0 Å². The van der Waals surface area contributed by atoms with Crippen molar-refractivity contribution in [1.29, 1.82) is 0 Å². The predicted molar refractivity (Wildman–Crippen MR) is 50.9 cm³/mol. The summed E-state index contributed by atoms with van der Waals surface area (Å²) in [6, 6.07) is 0. The monoisotopic (exact) mass is 244 g/mol. The van der Waals surface area contributed by atoms with Crippen molar-refractivity contribution in [2.75, 3.05) is 0 Å². The number of nitrogens with zero attached hydrogens (tertiary/aromatic N) is 2. The molecule has 0 radical (unpaired) electrons. The molecule has 66 valence electrons. The Labute approximate surface area is 89.8 Å². The number of hydrogen-bond donors (Lipinski definition) is 0.